The first-order valence-corrected chi connectivity index (χ1v) is 10.7. The van der Waals surface area contributed by atoms with Crippen LogP contribution in [0.4, 0.5) is 10.9 Å². The molecule has 8 heteroatoms. The minimum Gasteiger partial charge on any atom is -0.352 e. The maximum absolute atomic E-state index is 11.7. The van der Waals surface area contributed by atoms with E-state index in [0.717, 1.165) is 42.6 Å². The second-order valence-electron chi connectivity index (χ2n) is 6.15. The van der Waals surface area contributed by atoms with Crippen molar-refractivity contribution in [3.05, 3.63) is 40.7 Å². The lowest BCUT2D eigenvalue weighted by Gasteiger charge is -2.35. The summed E-state index contributed by atoms with van der Waals surface area (Å²) >= 11 is 3.52. The third-order valence-electron chi connectivity index (χ3n) is 4.61. The van der Waals surface area contributed by atoms with Gasteiger partial charge in [0.2, 0.25) is 0 Å². The Morgan fingerprint density at radius 2 is 1.88 bits per heavy atom. The highest BCUT2D eigenvalue weighted by Crippen LogP contribution is 2.32. The lowest BCUT2D eigenvalue weighted by molar-refractivity contribution is 0.588. The number of aryl methyl sites for hydroxylation is 1. The van der Waals surface area contributed by atoms with E-state index in [2.05, 4.69) is 39.4 Å². The minimum absolute atomic E-state index is 0.0472. The van der Waals surface area contributed by atoms with Crippen molar-refractivity contribution in [3.63, 3.8) is 0 Å². The van der Waals surface area contributed by atoms with E-state index in [1.54, 1.807) is 29.2 Å². The molecule has 0 atom stereocenters. The predicted molar refractivity (Wildman–Crippen MR) is 110 cm³/mol. The topological polar surface area (TPSA) is 54.3 Å². The maximum Gasteiger partial charge on any atom is 0.266 e. The molecule has 1 saturated heterocycles. The predicted octanol–water partition coefficient (Wildman–Crippen LogP) is 2.92. The summed E-state index contributed by atoms with van der Waals surface area (Å²) in [5.41, 5.74) is 1.02. The smallest absolute Gasteiger partial charge is 0.266 e. The summed E-state index contributed by atoms with van der Waals surface area (Å²) in [6.45, 7) is 6.09. The van der Waals surface area contributed by atoms with Crippen molar-refractivity contribution < 1.29 is 0 Å². The summed E-state index contributed by atoms with van der Waals surface area (Å²) in [6, 6.07) is 9.88. The van der Waals surface area contributed by atoms with E-state index in [1.165, 1.54) is 14.3 Å². The number of benzene rings is 1. The zero-order valence-electron chi connectivity index (χ0n) is 14.9. The zero-order valence-corrected chi connectivity index (χ0v) is 16.5. The van der Waals surface area contributed by atoms with Crippen LogP contribution in [0.3, 0.4) is 0 Å². The number of thioether (sulfide) groups is 1. The molecule has 0 saturated carbocycles. The average molecular weight is 388 g/mol. The van der Waals surface area contributed by atoms with Crippen LogP contribution in [0.5, 0.6) is 0 Å². The molecule has 0 aliphatic carbocycles. The Hall–Kier alpha value is -2.06. The average Bonchev–Trinajstić information content (AvgIpc) is 3.11. The molecule has 0 amide bonds. The van der Waals surface area contributed by atoms with Crippen molar-refractivity contribution in [2.45, 2.75) is 18.4 Å². The largest absolute Gasteiger partial charge is 0.352 e. The Morgan fingerprint density at radius 3 is 2.62 bits per heavy atom. The van der Waals surface area contributed by atoms with Crippen molar-refractivity contribution >= 4 is 44.3 Å². The van der Waals surface area contributed by atoms with Gasteiger partial charge in [0.15, 0.2) is 5.13 Å². The highest BCUT2D eigenvalue weighted by molar-refractivity contribution is 7.98. The summed E-state index contributed by atoms with van der Waals surface area (Å²) in [4.78, 5) is 22.4. The number of piperazine rings is 1. The van der Waals surface area contributed by atoms with Gasteiger partial charge in [-0.3, -0.25) is 4.79 Å². The van der Waals surface area contributed by atoms with E-state index in [-0.39, 0.29) is 5.56 Å². The number of anilines is 2. The van der Waals surface area contributed by atoms with E-state index >= 15 is 0 Å². The minimum atomic E-state index is -0.0472. The number of hydrogen-bond donors (Lipinski definition) is 0. The molecule has 0 unspecified atom stereocenters. The third kappa shape index (κ3) is 3.31. The van der Waals surface area contributed by atoms with Crippen molar-refractivity contribution in [3.8, 4) is 0 Å². The molecule has 0 spiro atoms. The molecule has 4 rings (SSSR count). The van der Waals surface area contributed by atoms with Gasteiger partial charge in [-0.25, -0.2) is 9.67 Å². The number of thiazole rings is 1. The molecule has 3 aromatic rings. The molecule has 1 fully saturated rings. The van der Waals surface area contributed by atoms with Gasteiger partial charge >= 0.3 is 0 Å². The fourth-order valence-corrected chi connectivity index (χ4v) is 4.69. The zero-order chi connectivity index (χ0) is 18.1. The summed E-state index contributed by atoms with van der Waals surface area (Å²) in [5.74, 6) is 0.875. The standard InChI is InChI=1S/C18H21N5OS2/c1-3-23-17(24)7-6-16(20-23)21-8-10-22(11-9-21)18-19-14-5-4-13(25-2)12-15(14)26-18/h4-7,12H,3,8-11H2,1-2H3. The van der Waals surface area contributed by atoms with Crippen LogP contribution in [0.1, 0.15) is 6.92 Å². The second kappa shape index (κ2) is 7.28. The summed E-state index contributed by atoms with van der Waals surface area (Å²) in [6.07, 6.45) is 2.10. The van der Waals surface area contributed by atoms with Crippen LogP contribution >= 0.6 is 23.1 Å². The SMILES string of the molecule is CCn1nc(N2CCN(c3nc4ccc(SC)cc4s3)CC2)ccc1=O. The van der Waals surface area contributed by atoms with E-state index in [9.17, 15) is 4.79 Å². The van der Waals surface area contributed by atoms with Crippen molar-refractivity contribution in [1.82, 2.24) is 14.8 Å². The molecule has 0 bridgehead atoms. The van der Waals surface area contributed by atoms with E-state index in [0.29, 0.717) is 6.54 Å². The Bertz CT molecular complexity index is 975. The molecule has 26 heavy (non-hydrogen) atoms. The third-order valence-corrected chi connectivity index (χ3v) is 6.41. The molecular formula is C18H21N5OS2. The lowest BCUT2D eigenvalue weighted by Crippen LogP contribution is -2.47. The van der Waals surface area contributed by atoms with Gasteiger partial charge < -0.3 is 9.80 Å². The van der Waals surface area contributed by atoms with Crippen LogP contribution in [-0.2, 0) is 6.54 Å². The van der Waals surface area contributed by atoms with E-state index < -0.39 is 0 Å². The van der Waals surface area contributed by atoms with Crippen LogP contribution in [-0.4, -0.2) is 47.2 Å². The molecule has 0 N–H and O–H groups in total. The summed E-state index contributed by atoms with van der Waals surface area (Å²) < 4.78 is 2.75. The lowest BCUT2D eigenvalue weighted by atomic mass is 10.3. The Kier molecular flexibility index (Phi) is 4.86. The highest BCUT2D eigenvalue weighted by atomic mass is 32.2. The monoisotopic (exact) mass is 387 g/mol. The molecule has 1 aliphatic heterocycles. The van der Waals surface area contributed by atoms with Gasteiger partial charge in [0.25, 0.3) is 5.56 Å². The summed E-state index contributed by atoms with van der Waals surface area (Å²) in [7, 11) is 0. The summed E-state index contributed by atoms with van der Waals surface area (Å²) in [5, 5.41) is 5.55. The normalized spacial score (nSPS) is 15.0. The number of fused-ring (bicyclic) bond motifs is 1. The molecule has 0 radical (unpaired) electrons. The molecular weight excluding hydrogens is 366 g/mol. The molecule has 136 valence electrons. The molecule has 3 heterocycles. The second-order valence-corrected chi connectivity index (χ2v) is 8.04. The van der Waals surface area contributed by atoms with Crippen LogP contribution < -0.4 is 15.4 Å². The quantitative estimate of drug-likeness (QED) is 0.642. The number of hydrogen-bond acceptors (Lipinski definition) is 7. The van der Waals surface area contributed by atoms with Gasteiger partial charge in [0, 0.05) is 43.7 Å². The first-order valence-electron chi connectivity index (χ1n) is 8.70. The van der Waals surface area contributed by atoms with Gasteiger partial charge in [0.1, 0.15) is 5.82 Å². The Morgan fingerprint density at radius 1 is 1.12 bits per heavy atom. The van der Waals surface area contributed by atoms with Crippen LogP contribution in [0, 0.1) is 0 Å². The number of nitrogens with zero attached hydrogens (tertiary/aromatic N) is 5. The molecule has 1 aliphatic rings. The van der Waals surface area contributed by atoms with Crippen molar-refractivity contribution in [2.75, 3.05) is 42.2 Å². The van der Waals surface area contributed by atoms with Crippen LogP contribution in [0.15, 0.2) is 40.0 Å². The van der Waals surface area contributed by atoms with Gasteiger partial charge in [-0.1, -0.05) is 11.3 Å². The van der Waals surface area contributed by atoms with Crippen molar-refractivity contribution in [2.24, 2.45) is 0 Å². The number of rotatable bonds is 4. The fourth-order valence-electron chi connectivity index (χ4n) is 3.12. The van der Waals surface area contributed by atoms with Gasteiger partial charge in [0.05, 0.1) is 10.2 Å². The molecule has 6 nitrogen and oxygen atoms in total. The van der Waals surface area contributed by atoms with E-state index in [4.69, 9.17) is 4.98 Å². The Labute approximate surface area is 160 Å². The number of aromatic nitrogens is 3. The van der Waals surface area contributed by atoms with Gasteiger partial charge in [-0.05, 0) is 37.4 Å². The van der Waals surface area contributed by atoms with E-state index in [1.807, 2.05) is 13.0 Å². The fraction of sp³-hybridized carbons (Fsp3) is 0.389. The van der Waals surface area contributed by atoms with Crippen LogP contribution in [0.25, 0.3) is 10.2 Å². The molecule has 2 aromatic heterocycles. The van der Waals surface area contributed by atoms with Gasteiger partial charge in [-0.2, -0.15) is 5.10 Å². The highest BCUT2D eigenvalue weighted by Gasteiger charge is 2.21. The van der Waals surface area contributed by atoms with Crippen molar-refractivity contribution in [1.29, 1.82) is 0 Å². The van der Waals surface area contributed by atoms with Crippen LogP contribution in [0.2, 0.25) is 0 Å². The first kappa shape index (κ1) is 17.4. The first-order chi connectivity index (χ1) is 12.7. The molecule has 1 aromatic carbocycles. The Balaban J connectivity index is 1.49. The maximum atomic E-state index is 11.7. The van der Waals surface area contributed by atoms with Gasteiger partial charge in [-0.15, -0.1) is 11.8 Å².